The first-order chi connectivity index (χ1) is 11.1. The van der Waals surface area contributed by atoms with Crippen molar-refractivity contribution >= 4 is 23.3 Å². The van der Waals surface area contributed by atoms with Crippen molar-refractivity contribution in [3.8, 4) is 11.5 Å². The van der Waals surface area contributed by atoms with Crippen molar-refractivity contribution in [2.75, 3.05) is 18.7 Å². The molecule has 2 amide bonds. The number of aryl methyl sites for hydroxylation is 1. The number of nitrogens with one attached hydrogen (secondary N) is 2. The number of ether oxygens (including phenoxy) is 2. The minimum atomic E-state index is -0.357. The molecule has 2 aromatic carbocycles. The Morgan fingerprint density at radius 3 is 2.48 bits per heavy atom. The molecular formula is C17H19ClN2O3. The van der Waals surface area contributed by atoms with E-state index in [1.807, 2.05) is 32.0 Å². The van der Waals surface area contributed by atoms with Gasteiger partial charge in [0, 0.05) is 10.7 Å². The Morgan fingerprint density at radius 1 is 1.13 bits per heavy atom. The van der Waals surface area contributed by atoms with Gasteiger partial charge in [0.2, 0.25) is 0 Å². The van der Waals surface area contributed by atoms with Crippen LogP contribution in [0.2, 0.25) is 5.02 Å². The van der Waals surface area contributed by atoms with Gasteiger partial charge < -0.3 is 20.1 Å². The van der Waals surface area contributed by atoms with Gasteiger partial charge in [-0.2, -0.15) is 0 Å². The normalized spacial score (nSPS) is 10.0. The van der Waals surface area contributed by atoms with Gasteiger partial charge in [-0.05, 0) is 49.7 Å². The van der Waals surface area contributed by atoms with E-state index >= 15 is 0 Å². The number of anilines is 1. The third-order valence-electron chi connectivity index (χ3n) is 3.05. The van der Waals surface area contributed by atoms with E-state index in [1.165, 1.54) is 0 Å². The lowest BCUT2D eigenvalue weighted by Gasteiger charge is -2.13. The zero-order valence-corrected chi connectivity index (χ0v) is 13.8. The van der Waals surface area contributed by atoms with Gasteiger partial charge >= 0.3 is 6.03 Å². The van der Waals surface area contributed by atoms with Crippen LogP contribution in [0.3, 0.4) is 0 Å². The van der Waals surface area contributed by atoms with Gasteiger partial charge in [0.15, 0.2) is 18.2 Å². The minimum absolute atomic E-state index is 0.0303. The van der Waals surface area contributed by atoms with E-state index in [0.29, 0.717) is 28.8 Å². The van der Waals surface area contributed by atoms with E-state index in [-0.39, 0.29) is 12.8 Å². The van der Waals surface area contributed by atoms with E-state index in [4.69, 9.17) is 21.1 Å². The molecule has 0 fully saturated rings. The molecule has 0 saturated heterocycles. The molecule has 122 valence electrons. The van der Waals surface area contributed by atoms with Crippen molar-refractivity contribution in [3.63, 3.8) is 0 Å². The zero-order chi connectivity index (χ0) is 16.7. The number of benzene rings is 2. The Labute approximate surface area is 140 Å². The first-order valence-corrected chi connectivity index (χ1v) is 7.63. The zero-order valence-electron chi connectivity index (χ0n) is 13.1. The minimum Gasteiger partial charge on any atom is -0.490 e. The second kappa shape index (κ2) is 8.29. The van der Waals surface area contributed by atoms with Crippen LogP contribution in [0.25, 0.3) is 0 Å². The Balaban J connectivity index is 1.85. The highest BCUT2D eigenvalue weighted by Gasteiger charge is 2.06. The lowest BCUT2D eigenvalue weighted by Crippen LogP contribution is -2.32. The second-order valence-electron chi connectivity index (χ2n) is 4.76. The Kier molecular flexibility index (Phi) is 6.11. The molecule has 0 aromatic heterocycles. The standard InChI is InChI=1S/C17H19ClN2O3/c1-3-22-15-6-4-5-7-16(15)23-11-19-17(21)20-14-9-8-13(18)10-12(14)2/h4-10H,3,11H2,1-2H3,(H2,19,20,21). The highest BCUT2D eigenvalue weighted by Crippen LogP contribution is 2.26. The average Bonchev–Trinajstić information content (AvgIpc) is 2.52. The summed E-state index contributed by atoms with van der Waals surface area (Å²) >= 11 is 5.89. The fourth-order valence-electron chi connectivity index (χ4n) is 1.96. The number of hydrogen-bond acceptors (Lipinski definition) is 3. The van der Waals surface area contributed by atoms with Crippen LogP contribution in [0.5, 0.6) is 11.5 Å². The summed E-state index contributed by atoms with van der Waals surface area (Å²) in [7, 11) is 0. The SMILES string of the molecule is CCOc1ccccc1OCNC(=O)Nc1ccc(Cl)cc1C. The summed E-state index contributed by atoms with van der Waals surface area (Å²) in [6.45, 7) is 4.35. The molecule has 0 unspecified atom stereocenters. The molecule has 0 aliphatic rings. The molecule has 0 spiro atoms. The summed E-state index contributed by atoms with van der Waals surface area (Å²) in [4.78, 5) is 11.9. The van der Waals surface area contributed by atoms with E-state index in [9.17, 15) is 4.79 Å². The molecule has 0 bridgehead atoms. The van der Waals surface area contributed by atoms with Gasteiger partial charge in [-0.15, -0.1) is 0 Å². The highest BCUT2D eigenvalue weighted by atomic mass is 35.5. The summed E-state index contributed by atoms with van der Waals surface area (Å²) in [5, 5.41) is 6.00. The maximum absolute atomic E-state index is 11.9. The molecule has 2 aromatic rings. The van der Waals surface area contributed by atoms with Crippen molar-refractivity contribution in [1.82, 2.24) is 5.32 Å². The van der Waals surface area contributed by atoms with Crippen LogP contribution in [0.1, 0.15) is 12.5 Å². The van der Waals surface area contributed by atoms with E-state index in [0.717, 1.165) is 5.56 Å². The molecular weight excluding hydrogens is 316 g/mol. The van der Waals surface area contributed by atoms with Gasteiger partial charge in [0.25, 0.3) is 0 Å². The first-order valence-electron chi connectivity index (χ1n) is 7.25. The first kappa shape index (κ1) is 17.0. The lowest BCUT2D eigenvalue weighted by atomic mass is 10.2. The number of urea groups is 1. The van der Waals surface area contributed by atoms with Gasteiger partial charge in [-0.3, -0.25) is 0 Å². The number of carbonyl (C=O) groups is 1. The molecule has 0 saturated carbocycles. The average molecular weight is 335 g/mol. The molecule has 0 radical (unpaired) electrons. The van der Waals surface area contributed by atoms with Crippen molar-refractivity contribution in [2.45, 2.75) is 13.8 Å². The second-order valence-corrected chi connectivity index (χ2v) is 5.20. The summed E-state index contributed by atoms with van der Waals surface area (Å²) < 4.78 is 11.0. The smallest absolute Gasteiger partial charge is 0.321 e. The van der Waals surface area contributed by atoms with Crippen LogP contribution in [0.4, 0.5) is 10.5 Å². The molecule has 6 heteroatoms. The predicted octanol–water partition coefficient (Wildman–Crippen LogP) is 4.21. The van der Waals surface area contributed by atoms with Crippen LogP contribution in [0, 0.1) is 6.92 Å². The van der Waals surface area contributed by atoms with Crippen molar-refractivity contribution < 1.29 is 14.3 Å². The van der Waals surface area contributed by atoms with Crippen LogP contribution >= 0.6 is 11.6 Å². The van der Waals surface area contributed by atoms with Gasteiger partial charge in [-0.1, -0.05) is 23.7 Å². The number of carbonyl (C=O) groups excluding carboxylic acids is 1. The number of amides is 2. The fraction of sp³-hybridized carbons (Fsp3) is 0.235. The van der Waals surface area contributed by atoms with Crippen molar-refractivity contribution in [1.29, 1.82) is 0 Å². The van der Waals surface area contributed by atoms with E-state index in [1.54, 1.807) is 24.3 Å². The Morgan fingerprint density at radius 2 is 1.83 bits per heavy atom. The largest absolute Gasteiger partial charge is 0.490 e. The summed E-state index contributed by atoms with van der Waals surface area (Å²) in [5.74, 6) is 1.23. The molecule has 0 atom stereocenters. The third-order valence-corrected chi connectivity index (χ3v) is 3.28. The molecule has 2 rings (SSSR count). The van der Waals surface area contributed by atoms with Crippen LogP contribution in [-0.4, -0.2) is 19.4 Å². The van der Waals surface area contributed by atoms with Gasteiger partial charge in [0.05, 0.1) is 6.61 Å². The Hall–Kier alpha value is -2.40. The summed E-state index contributed by atoms with van der Waals surface area (Å²) in [6.07, 6.45) is 0. The van der Waals surface area contributed by atoms with E-state index in [2.05, 4.69) is 10.6 Å². The monoisotopic (exact) mass is 334 g/mol. The number of hydrogen-bond donors (Lipinski definition) is 2. The lowest BCUT2D eigenvalue weighted by molar-refractivity contribution is 0.229. The van der Waals surface area contributed by atoms with Crippen molar-refractivity contribution in [3.05, 3.63) is 53.1 Å². The predicted molar refractivity (Wildman–Crippen MR) is 91.4 cm³/mol. The van der Waals surface area contributed by atoms with Crippen LogP contribution < -0.4 is 20.1 Å². The van der Waals surface area contributed by atoms with Crippen molar-refractivity contribution in [2.24, 2.45) is 0 Å². The van der Waals surface area contributed by atoms with Gasteiger partial charge in [0.1, 0.15) is 0 Å². The molecule has 0 aliphatic carbocycles. The Bertz CT molecular complexity index is 677. The highest BCUT2D eigenvalue weighted by molar-refractivity contribution is 6.30. The molecule has 23 heavy (non-hydrogen) atoms. The number of para-hydroxylation sites is 2. The summed E-state index contributed by atoms with van der Waals surface area (Å²) in [6, 6.07) is 12.2. The van der Waals surface area contributed by atoms with Gasteiger partial charge in [-0.25, -0.2) is 4.79 Å². The third kappa shape index (κ3) is 5.07. The number of rotatable bonds is 6. The molecule has 2 N–H and O–H groups in total. The maximum Gasteiger partial charge on any atom is 0.321 e. The quantitative estimate of drug-likeness (QED) is 0.778. The molecule has 0 heterocycles. The molecule has 0 aliphatic heterocycles. The number of halogens is 1. The summed E-state index contributed by atoms with van der Waals surface area (Å²) in [5.41, 5.74) is 1.58. The topological polar surface area (TPSA) is 59.6 Å². The van der Waals surface area contributed by atoms with Crippen LogP contribution in [0.15, 0.2) is 42.5 Å². The van der Waals surface area contributed by atoms with Crippen LogP contribution in [-0.2, 0) is 0 Å². The van der Waals surface area contributed by atoms with E-state index < -0.39 is 0 Å². The maximum atomic E-state index is 11.9. The molecule has 5 nitrogen and oxygen atoms in total. The fourth-order valence-corrected chi connectivity index (χ4v) is 2.18.